The number of rotatable bonds is 2. The molecule has 0 aliphatic carbocycles. The van der Waals surface area contributed by atoms with E-state index >= 15 is 0 Å². The minimum absolute atomic E-state index is 0.240. The normalized spacial score (nSPS) is 26.7. The van der Waals surface area contributed by atoms with E-state index in [2.05, 4.69) is 0 Å². The smallest absolute Gasteiger partial charge is 0.236 e. The number of amides is 2. The Bertz CT molecular complexity index is 1130. The number of anilines is 1. The molecule has 2 amide bonds. The van der Waals surface area contributed by atoms with Gasteiger partial charge in [-0.3, -0.25) is 19.3 Å². The van der Waals surface area contributed by atoms with E-state index in [-0.39, 0.29) is 17.6 Å². The molecule has 31 heavy (non-hydrogen) atoms. The van der Waals surface area contributed by atoms with E-state index in [0.29, 0.717) is 5.56 Å². The van der Waals surface area contributed by atoms with Crippen molar-refractivity contribution in [3.63, 3.8) is 0 Å². The predicted octanol–water partition coefficient (Wildman–Crippen LogP) is 3.69. The Balaban J connectivity index is 1.67. The molecule has 158 valence electrons. The van der Waals surface area contributed by atoms with Crippen LogP contribution in [0.25, 0.3) is 6.08 Å². The molecule has 0 bridgehead atoms. The minimum Gasteiger partial charge on any atom is -0.352 e. The summed E-state index contributed by atoms with van der Waals surface area (Å²) >= 11 is 0. The standard InChI is InChI=1S/C25H23FN2O3/c1-25(2,3)28-23(30)19-18-13-10-14-6-4-5-7-17(14)27(18)21(20(19)24(28)31)22(29)15-8-11-16(26)12-9-15/h4-13,18-21H,1-3H3/t18-,19-,20-,21-/m0/s1. The molecular weight excluding hydrogens is 395 g/mol. The molecule has 6 heteroatoms. The number of fused-ring (bicyclic) bond motifs is 5. The number of benzene rings is 2. The number of hydrogen-bond acceptors (Lipinski definition) is 4. The van der Waals surface area contributed by atoms with Gasteiger partial charge in [-0.1, -0.05) is 30.4 Å². The number of Topliss-reactive ketones (excluding diaryl/α,β-unsaturated/α-hetero) is 1. The molecule has 2 fully saturated rings. The van der Waals surface area contributed by atoms with E-state index < -0.39 is 35.3 Å². The molecule has 5 nitrogen and oxygen atoms in total. The highest BCUT2D eigenvalue weighted by Crippen LogP contribution is 2.50. The van der Waals surface area contributed by atoms with Gasteiger partial charge in [0.05, 0.1) is 17.9 Å². The van der Waals surface area contributed by atoms with E-state index in [9.17, 15) is 18.8 Å². The molecule has 3 aliphatic heterocycles. The molecule has 0 aromatic heterocycles. The third kappa shape index (κ3) is 2.77. The Hall–Kier alpha value is -3.28. The average molecular weight is 418 g/mol. The fourth-order valence-electron chi connectivity index (χ4n) is 5.26. The summed E-state index contributed by atoms with van der Waals surface area (Å²) in [5, 5.41) is 0. The molecule has 2 saturated heterocycles. The van der Waals surface area contributed by atoms with E-state index in [1.807, 2.05) is 62.1 Å². The van der Waals surface area contributed by atoms with Gasteiger partial charge < -0.3 is 4.90 Å². The molecule has 2 aromatic carbocycles. The molecule has 5 rings (SSSR count). The van der Waals surface area contributed by atoms with Gasteiger partial charge in [0.25, 0.3) is 0 Å². The second-order valence-corrected chi connectivity index (χ2v) is 9.37. The number of halogens is 1. The number of ketones is 1. The first-order chi connectivity index (χ1) is 14.7. The number of imide groups is 1. The molecule has 0 unspecified atom stereocenters. The van der Waals surface area contributed by atoms with Crippen LogP contribution in [-0.4, -0.2) is 40.1 Å². The van der Waals surface area contributed by atoms with Crippen molar-refractivity contribution in [2.45, 2.75) is 38.4 Å². The Kier molecular flexibility index (Phi) is 4.19. The summed E-state index contributed by atoms with van der Waals surface area (Å²) in [5.41, 5.74) is 1.41. The van der Waals surface area contributed by atoms with Crippen molar-refractivity contribution >= 4 is 29.4 Å². The fourth-order valence-corrected chi connectivity index (χ4v) is 5.26. The maximum Gasteiger partial charge on any atom is 0.236 e. The second-order valence-electron chi connectivity index (χ2n) is 9.37. The van der Waals surface area contributed by atoms with E-state index in [1.165, 1.54) is 29.2 Å². The van der Waals surface area contributed by atoms with E-state index in [4.69, 9.17) is 0 Å². The van der Waals surface area contributed by atoms with Gasteiger partial charge in [0.1, 0.15) is 11.9 Å². The molecule has 0 radical (unpaired) electrons. The van der Waals surface area contributed by atoms with Crippen molar-refractivity contribution in [3.8, 4) is 0 Å². The van der Waals surface area contributed by atoms with Gasteiger partial charge in [0.15, 0.2) is 5.78 Å². The van der Waals surface area contributed by atoms with Crippen LogP contribution in [0.15, 0.2) is 54.6 Å². The van der Waals surface area contributed by atoms with Gasteiger partial charge in [-0.05, 0) is 56.7 Å². The van der Waals surface area contributed by atoms with Gasteiger partial charge in [0, 0.05) is 16.8 Å². The van der Waals surface area contributed by atoms with Gasteiger partial charge in [-0.15, -0.1) is 0 Å². The van der Waals surface area contributed by atoms with Gasteiger partial charge >= 0.3 is 0 Å². The molecule has 0 N–H and O–H groups in total. The molecule has 4 atom stereocenters. The topological polar surface area (TPSA) is 57.7 Å². The van der Waals surface area contributed by atoms with Crippen LogP contribution in [0.3, 0.4) is 0 Å². The van der Waals surface area contributed by atoms with Crippen LogP contribution < -0.4 is 4.90 Å². The molecule has 0 saturated carbocycles. The van der Waals surface area contributed by atoms with Crippen LogP contribution in [0.2, 0.25) is 0 Å². The lowest BCUT2D eigenvalue weighted by molar-refractivity contribution is -0.145. The molecule has 2 aromatic rings. The van der Waals surface area contributed by atoms with Crippen molar-refractivity contribution < 1.29 is 18.8 Å². The van der Waals surface area contributed by atoms with Crippen LogP contribution in [-0.2, 0) is 9.59 Å². The minimum atomic E-state index is -0.838. The molecule has 3 aliphatic rings. The van der Waals surface area contributed by atoms with Crippen LogP contribution in [0.5, 0.6) is 0 Å². The third-order valence-electron chi connectivity index (χ3n) is 6.48. The second kappa shape index (κ2) is 6.61. The third-order valence-corrected chi connectivity index (χ3v) is 6.48. The number of carbonyl (C=O) groups is 3. The zero-order valence-corrected chi connectivity index (χ0v) is 17.6. The summed E-state index contributed by atoms with van der Waals surface area (Å²) in [6, 6.07) is 11.8. The highest BCUT2D eigenvalue weighted by atomic mass is 19.1. The lowest BCUT2D eigenvalue weighted by atomic mass is 9.86. The van der Waals surface area contributed by atoms with Crippen LogP contribution in [0.1, 0.15) is 36.7 Å². The summed E-state index contributed by atoms with van der Waals surface area (Å²) in [7, 11) is 0. The highest BCUT2D eigenvalue weighted by Gasteiger charge is 2.65. The number of hydrogen-bond donors (Lipinski definition) is 0. The fraction of sp³-hybridized carbons (Fsp3) is 0.320. The van der Waals surface area contributed by atoms with Crippen LogP contribution in [0.4, 0.5) is 10.1 Å². The molecule has 0 spiro atoms. The summed E-state index contributed by atoms with van der Waals surface area (Å²) < 4.78 is 13.5. The van der Waals surface area contributed by atoms with Crippen molar-refractivity contribution in [2.24, 2.45) is 11.8 Å². The van der Waals surface area contributed by atoms with Gasteiger partial charge in [-0.2, -0.15) is 0 Å². The number of likely N-dealkylation sites (tertiary alicyclic amines) is 1. The van der Waals surface area contributed by atoms with Crippen LogP contribution >= 0.6 is 0 Å². The molecule has 3 heterocycles. The zero-order valence-electron chi connectivity index (χ0n) is 17.6. The SMILES string of the molecule is CC(C)(C)N1C(=O)[C@@H]2[C@H](C1=O)[C@@H](C(=O)c1ccc(F)cc1)N1c3ccccc3C=C[C@@H]21. The van der Waals surface area contributed by atoms with Crippen molar-refractivity contribution in [1.82, 2.24) is 4.90 Å². The maximum atomic E-state index is 13.7. The first-order valence-electron chi connectivity index (χ1n) is 10.4. The first-order valence-corrected chi connectivity index (χ1v) is 10.4. The number of nitrogens with zero attached hydrogens (tertiary/aromatic N) is 2. The van der Waals surface area contributed by atoms with Gasteiger partial charge in [0.2, 0.25) is 11.8 Å². The lowest BCUT2D eigenvalue weighted by Crippen LogP contribution is -2.52. The maximum absolute atomic E-state index is 13.7. The summed E-state index contributed by atoms with van der Waals surface area (Å²) in [6.45, 7) is 5.47. The quantitative estimate of drug-likeness (QED) is 0.551. The monoisotopic (exact) mass is 418 g/mol. The van der Waals surface area contributed by atoms with Crippen LogP contribution in [0, 0.1) is 17.7 Å². The zero-order chi connectivity index (χ0) is 22.1. The average Bonchev–Trinajstić information content (AvgIpc) is 3.21. The Morgan fingerprint density at radius 2 is 1.58 bits per heavy atom. The number of para-hydroxylation sites is 1. The highest BCUT2D eigenvalue weighted by molar-refractivity contribution is 6.14. The Morgan fingerprint density at radius 3 is 2.26 bits per heavy atom. The van der Waals surface area contributed by atoms with E-state index in [1.54, 1.807) is 0 Å². The summed E-state index contributed by atoms with van der Waals surface area (Å²) in [4.78, 5) is 43.9. The van der Waals surface area contributed by atoms with E-state index in [0.717, 1.165) is 11.3 Å². The first kappa shape index (κ1) is 19.7. The van der Waals surface area contributed by atoms with Crippen molar-refractivity contribution in [2.75, 3.05) is 4.90 Å². The predicted molar refractivity (Wildman–Crippen MR) is 115 cm³/mol. The summed E-state index contributed by atoms with van der Waals surface area (Å²) in [5.74, 6) is -2.69. The number of carbonyl (C=O) groups excluding carboxylic acids is 3. The van der Waals surface area contributed by atoms with Crippen molar-refractivity contribution in [1.29, 1.82) is 0 Å². The Morgan fingerprint density at radius 1 is 0.935 bits per heavy atom. The van der Waals surface area contributed by atoms with Gasteiger partial charge in [-0.25, -0.2) is 4.39 Å². The molecular formula is C25H23FN2O3. The van der Waals surface area contributed by atoms with Crippen molar-refractivity contribution in [3.05, 3.63) is 71.6 Å². The Labute approximate surface area is 180 Å². The summed E-state index contributed by atoms with van der Waals surface area (Å²) in [6.07, 6.45) is 3.88. The lowest BCUT2D eigenvalue weighted by Gasteiger charge is -2.38. The largest absolute Gasteiger partial charge is 0.352 e.